The smallest absolute Gasteiger partial charge is 0.191 e. The highest BCUT2D eigenvalue weighted by Crippen LogP contribution is 2.23. The first-order valence-corrected chi connectivity index (χ1v) is 12.1. The zero-order chi connectivity index (χ0) is 18.9. The van der Waals surface area contributed by atoms with Crippen LogP contribution >= 0.6 is 24.0 Å². The standard InChI is InChI=1S/C20H40N4OS.HI/c1-5-21-20(22-15-19(16(3)4)24-12-7-8-13-24)23-17-10-9-11-18(14-17)26(25)6-2;/h16-19H,5-15H2,1-4H3,(H2,21,22,23);1H. The van der Waals surface area contributed by atoms with Crippen molar-refractivity contribution in [3.05, 3.63) is 0 Å². The zero-order valence-electron chi connectivity index (χ0n) is 17.7. The van der Waals surface area contributed by atoms with Gasteiger partial charge in [-0.1, -0.05) is 27.2 Å². The van der Waals surface area contributed by atoms with Crippen LogP contribution in [0.1, 0.15) is 66.2 Å². The Kier molecular flexibility index (Phi) is 12.4. The van der Waals surface area contributed by atoms with Crippen molar-refractivity contribution < 1.29 is 4.21 Å². The van der Waals surface area contributed by atoms with Crippen LogP contribution < -0.4 is 10.6 Å². The first kappa shape index (κ1) is 25.1. The van der Waals surface area contributed by atoms with Gasteiger partial charge in [-0.25, -0.2) is 0 Å². The molecule has 2 rings (SSSR count). The monoisotopic (exact) mass is 512 g/mol. The van der Waals surface area contributed by atoms with E-state index in [-0.39, 0.29) is 24.0 Å². The molecule has 0 radical (unpaired) electrons. The number of nitrogens with one attached hydrogen (secondary N) is 2. The minimum atomic E-state index is -0.679. The van der Waals surface area contributed by atoms with Gasteiger partial charge in [-0.05, 0) is 58.0 Å². The van der Waals surface area contributed by atoms with Gasteiger partial charge >= 0.3 is 0 Å². The van der Waals surface area contributed by atoms with E-state index in [9.17, 15) is 4.21 Å². The quantitative estimate of drug-likeness (QED) is 0.298. The maximum atomic E-state index is 12.2. The van der Waals surface area contributed by atoms with Crippen LogP contribution in [0.2, 0.25) is 0 Å². The highest BCUT2D eigenvalue weighted by molar-refractivity contribution is 14.0. The summed E-state index contributed by atoms with van der Waals surface area (Å²) in [6.07, 6.45) is 7.07. The first-order chi connectivity index (χ1) is 12.5. The first-order valence-electron chi connectivity index (χ1n) is 10.7. The van der Waals surface area contributed by atoms with Crippen LogP contribution in [0.3, 0.4) is 0 Å². The molecule has 4 atom stereocenters. The Bertz CT molecular complexity index is 469. The molecule has 0 amide bonds. The summed E-state index contributed by atoms with van der Waals surface area (Å²) in [6, 6.07) is 0.922. The lowest BCUT2D eigenvalue weighted by Gasteiger charge is -2.31. The second-order valence-electron chi connectivity index (χ2n) is 8.07. The molecule has 0 aromatic carbocycles. The molecule has 1 aliphatic carbocycles. The highest BCUT2D eigenvalue weighted by atomic mass is 127. The summed E-state index contributed by atoms with van der Waals surface area (Å²) in [5, 5.41) is 7.40. The van der Waals surface area contributed by atoms with Gasteiger partial charge in [0.15, 0.2) is 5.96 Å². The molecule has 27 heavy (non-hydrogen) atoms. The SMILES string of the molecule is CCNC(=NCC(C(C)C)N1CCCC1)NC1CCCC(S(=O)CC)C1.I. The van der Waals surface area contributed by atoms with Gasteiger partial charge in [-0.2, -0.15) is 0 Å². The number of nitrogens with zero attached hydrogens (tertiary/aromatic N) is 2. The Morgan fingerprint density at radius 3 is 2.48 bits per heavy atom. The molecule has 0 aromatic heterocycles. The average molecular weight is 513 g/mol. The number of rotatable bonds is 8. The normalized spacial score (nSPS) is 26.5. The van der Waals surface area contributed by atoms with Gasteiger partial charge in [0.1, 0.15) is 0 Å². The maximum absolute atomic E-state index is 12.2. The van der Waals surface area contributed by atoms with Gasteiger partial charge < -0.3 is 10.6 Å². The molecule has 1 aliphatic heterocycles. The van der Waals surface area contributed by atoms with Gasteiger partial charge in [-0.3, -0.25) is 14.1 Å². The Hall–Kier alpha value is 0.110. The highest BCUT2D eigenvalue weighted by Gasteiger charge is 2.27. The lowest BCUT2D eigenvalue weighted by Crippen LogP contribution is -2.47. The predicted octanol–water partition coefficient (Wildman–Crippen LogP) is 3.36. The fraction of sp³-hybridized carbons (Fsp3) is 0.950. The van der Waals surface area contributed by atoms with Crippen LogP contribution in [0.5, 0.6) is 0 Å². The van der Waals surface area contributed by atoms with E-state index in [1.165, 1.54) is 25.9 Å². The summed E-state index contributed by atoms with van der Waals surface area (Å²) in [7, 11) is -0.679. The molecule has 0 bridgehead atoms. The van der Waals surface area contributed by atoms with Crippen molar-refractivity contribution in [2.75, 3.05) is 31.9 Å². The third-order valence-corrected chi connectivity index (χ3v) is 7.52. The third-order valence-electron chi connectivity index (χ3n) is 5.78. The molecule has 2 N–H and O–H groups in total. The van der Waals surface area contributed by atoms with E-state index in [0.717, 1.165) is 50.5 Å². The number of aliphatic imine (C=N–C) groups is 1. The maximum Gasteiger partial charge on any atom is 0.191 e. The Labute approximate surface area is 186 Å². The molecule has 1 saturated heterocycles. The minimum Gasteiger partial charge on any atom is -0.357 e. The van der Waals surface area contributed by atoms with Gasteiger partial charge in [-0.15, -0.1) is 24.0 Å². The Morgan fingerprint density at radius 2 is 1.89 bits per heavy atom. The molecular formula is C20H41IN4OS. The molecule has 7 heteroatoms. The van der Waals surface area contributed by atoms with Crippen molar-refractivity contribution in [3.8, 4) is 0 Å². The zero-order valence-corrected chi connectivity index (χ0v) is 20.9. The van der Waals surface area contributed by atoms with E-state index < -0.39 is 10.8 Å². The lowest BCUT2D eigenvalue weighted by molar-refractivity contribution is 0.197. The topological polar surface area (TPSA) is 56.7 Å². The minimum absolute atomic E-state index is 0. The van der Waals surface area contributed by atoms with Crippen molar-refractivity contribution in [1.29, 1.82) is 0 Å². The molecule has 5 nitrogen and oxygen atoms in total. The summed E-state index contributed by atoms with van der Waals surface area (Å²) >= 11 is 0. The van der Waals surface area contributed by atoms with Gasteiger partial charge in [0.25, 0.3) is 0 Å². The van der Waals surface area contributed by atoms with E-state index in [0.29, 0.717) is 23.3 Å². The molecule has 160 valence electrons. The number of halogens is 1. The van der Waals surface area contributed by atoms with Crippen molar-refractivity contribution in [2.24, 2.45) is 10.9 Å². The third kappa shape index (κ3) is 8.17. The summed E-state index contributed by atoms with van der Waals surface area (Å²) in [6.45, 7) is 12.9. The van der Waals surface area contributed by atoms with Crippen LogP contribution in [0.15, 0.2) is 4.99 Å². The number of hydrogen-bond donors (Lipinski definition) is 2. The second-order valence-corrected chi connectivity index (χ2v) is 10.1. The van der Waals surface area contributed by atoms with Crippen molar-refractivity contribution in [1.82, 2.24) is 15.5 Å². The van der Waals surface area contributed by atoms with Crippen LogP contribution in [-0.2, 0) is 10.8 Å². The van der Waals surface area contributed by atoms with E-state index in [4.69, 9.17) is 4.99 Å². The molecular weight excluding hydrogens is 471 g/mol. The van der Waals surface area contributed by atoms with Crippen LogP contribution in [-0.4, -0.2) is 64.3 Å². The Morgan fingerprint density at radius 1 is 1.19 bits per heavy atom. The Balaban J connectivity index is 0.00000364. The van der Waals surface area contributed by atoms with Crippen molar-refractivity contribution >= 4 is 40.7 Å². The number of likely N-dealkylation sites (tertiary alicyclic amines) is 1. The van der Waals surface area contributed by atoms with Gasteiger partial charge in [0.05, 0.1) is 6.54 Å². The van der Waals surface area contributed by atoms with Crippen LogP contribution in [0.25, 0.3) is 0 Å². The fourth-order valence-corrected chi connectivity index (χ4v) is 5.62. The van der Waals surface area contributed by atoms with E-state index in [2.05, 4.69) is 36.3 Å². The van der Waals surface area contributed by atoms with E-state index in [1.54, 1.807) is 0 Å². The van der Waals surface area contributed by atoms with Crippen molar-refractivity contribution in [3.63, 3.8) is 0 Å². The number of hydrogen-bond acceptors (Lipinski definition) is 3. The summed E-state index contributed by atoms with van der Waals surface area (Å²) < 4.78 is 12.2. The van der Waals surface area contributed by atoms with Crippen LogP contribution in [0.4, 0.5) is 0 Å². The van der Waals surface area contributed by atoms with Gasteiger partial charge in [0, 0.05) is 40.4 Å². The average Bonchev–Trinajstić information content (AvgIpc) is 3.15. The molecule has 0 aromatic rings. The van der Waals surface area contributed by atoms with E-state index in [1.807, 2.05) is 6.92 Å². The molecule has 0 spiro atoms. The summed E-state index contributed by atoms with van der Waals surface area (Å²) in [5.74, 6) is 2.33. The molecule has 1 heterocycles. The van der Waals surface area contributed by atoms with Gasteiger partial charge in [0.2, 0.25) is 0 Å². The molecule has 2 aliphatic rings. The van der Waals surface area contributed by atoms with Crippen LogP contribution in [0, 0.1) is 5.92 Å². The lowest BCUT2D eigenvalue weighted by atomic mass is 9.95. The molecule has 1 saturated carbocycles. The summed E-state index contributed by atoms with van der Waals surface area (Å²) in [4.78, 5) is 7.55. The largest absolute Gasteiger partial charge is 0.357 e. The molecule has 2 fully saturated rings. The predicted molar refractivity (Wildman–Crippen MR) is 129 cm³/mol. The fourth-order valence-electron chi connectivity index (χ4n) is 4.27. The molecule has 4 unspecified atom stereocenters. The number of guanidine groups is 1. The second kappa shape index (κ2) is 13.4. The summed E-state index contributed by atoms with van der Waals surface area (Å²) in [5.41, 5.74) is 0. The van der Waals surface area contributed by atoms with E-state index >= 15 is 0 Å². The van der Waals surface area contributed by atoms with Crippen molar-refractivity contribution in [2.45, 2.75) is 83.6 Å².